The second kappa shape index (κ2) is 35.4. The van der Waals surface area contributed by atoms with E-state index < -0.39 is 0 Å². The van der Waals surface area contributed by atoms with E-state index in [9.17, 15) is 0 Å². The maximum atomic E-state index is 6.21. The first-order valence-corrected chi connectivity index (χ1v) is 17.4. The van der Waals surface area contributed by atoms with Gasteiger partial charge in [0, 0.05) is 13.2 Å². The van der Waals surface area contributed by atoms with Crippen LogP contribution >= 0.6 is 0 Å². The Morgan fingerprint density at radius 2 is 0.923 bits per heavy atom. The number of hydrogen-bond acceptors (Lipinski definition) is 4. The van der Waals surface area contributed by atoms with Gasteiger partial charge >= 0.3 is 0 Å². The predicted molar refractivity (Wildman–Crippen MR) is 169 cm³/mol. The van der Waals surface area contributed by atoms with Gasteiger partial charge < -0.3 is 18.9 Å². The molecule has 0 heterocycles. The number of unbranched alkanes of at least 4 members (excludes halogenated alkanes) is 20. The Bertz CT molecular complexity index is 434. The van der Waals surface area contributed by atoms with Gasteiger partial charge in [-0.15, -0.1) is 0 Å². The molecule has 0 bridgehead atoms. The average Bonchev–Trinajstić information content (AvgIpc) is 2.95. The Kier molecular flexibility index (Phi) is 34.9. The van der Waals surface area contributed by atoms with E-state index in [0.29, 0.717) is 6.79 Å². The van der Waals surface area contributed by atoms with E-state index in [2.05, 4.69) is 26.8 Å². The van der Waals surface area contributed by atoms with E-state index in [-0.39, 0.29) is 6.29 Å². The van der Waals surface area contributed by atoms with Crippen molar-refractivity contribution in [2.45, 2.75) is 188 Å². The topological polar surface area (TPSA) is 36.9 Å². The Balaban J connectivity index is 3.80. The van der Waals surface area contributed by atoms with Crippen LogP contribution in [0.25, 0.3) is 0 Å². The molecule has 39 heavy (non-hydrogen) atoms. The highest BCUT2D eigenvalue weighted by atomic mass is 16.7. The molecule has 0 radical (unpaired) electrons. The first-order chi connectivity index (χ1) is 19.3. The molecule has 0 amide bonds. The standard InChI is InChI=1S/C35H70O4/c1-4-7-10-12-18-23-27-32-38-35(39-33-28-24-19-13-11-8-5-2)29-25-21-17-15-14-16-20-22-26-31-37-34-36-30-9-6-3/h26,31,35H,4-25,27-30,32-34H2,1-3H3. The van der Waals surface area contributed by atoms with E-state index in [4.69, 9.17) is 18.9 Å². The highest BCUT2D eigenvalue weighted by Crippen LogP contribution is 2.15. The van der Waals surface area contributed by atoms with E-state index in [1.165, 1.54) is 135 Å². The first kappa shape index (κ1) is 38.4. The molecule has 0 saturated carbocycles. The Morgan fingerprint density at radius 1 is 0.462 bits per heavy atom. The third-order valence-corrected chi connectivity index (χ3v) is 7.40. The fourth-order valence-electron chi connectivity index (χ4n) is 4.75. The largest absolute Gasteiger partial charge is 0.475 e. The molecule has 0 aromatic heterocycles. The zero-order valence-corrected chi connectivity index (χ0v) is 26.9. The van der Waals surface area contributed by atoms with Crippen molar-refractivity contribution in [1.29, 1.82) is 0 Å². The van der Waals surface area contributed by atoms with Crippen LogP contribution in [0.4, 0.5) is 0 Å². The van der Waals surface area contributed by atoms with Crippen LogP contribution in [0.3, 0.4) is 0 Å². The van der Waals surface area contributed by atoms with Gasteiger partial charge in [0.25, 0.3) is 0 Å². The van der Waals surface area contributed by atoms with Gasteiger partial charge in [0.15, 0.2) is 13.1 Å². The van der Waals surface area contributed by atoms with E-state index in [0.717, 1.165) is 45.5 Å². The highest BCUT2D eigenvalue weighted by Gasteiger charge is 2.09. The van der Waals surface area contributed by atoms with Gasteiger partial charge in [-0.25, -0.2) is 0 Å². The lowest BCUT2D eigenvalue weighted by Gasteiger charge is -2.19. The number of rotatable bonds is 34. The second-order valence-electron chi connectivity index (χ2n) is 11.4. The smallest absolute Gasteiger partial charge is 0.188 e. The Morgan fingerprint density at radius 3 is 1.46 bits per heavy atom. The van der Waals surface area contributed by atoms with Gasteiger partial charge in [-0.1, -0.05) is 136 Å². The summed E-state index contributed by atoms with van der Waals surface area (Å²) in [5, 5.41) is 0. The molecule has 4 heteroatoms. The van der Waals surface area contributed by atoms with Crippen molar-refractivity contribution in [2.24, 2.45) is 0 Å². The molecule has 0 N–H and O–H groups in total. The van der Waals surface area contributed by atoms with Crippen molar-refractivity contribution in [3.63, 3.8) is 0 Å². The third kappa shape index (κ3) is 33.5. The summed E-state index contributed by atoms with van der Waals surface area (Å²) in [4.78, 5) is 0. The summed E-state index contributed by atoms with van der Waals surface area (Å²) in [7, 11) is 0. The third-order valence-electron chi connectivity index (χ3n) is 7.40. The molecular weight excluding hydrogens is 484 g/mol. The Labute approximate surface area is 245 Å². The van der Waals surface area contributed by atoms with Crippen molar-refractivity contribution in [1.82, 2.24) is 0 Å². The molecule has 0 aromatic carbocycles. The molecule has 0 aliphatic carbocycles. The molecule has 0 aromatic rings. The van der Waals surface area contributed by atoms with Gasteiger partial charge in [-0.2, -0.15) is 0 Å². The lowest BCUT2D eigenvalue weighted by molar-refractivity contribution is -0.148. The predicted octanol–water partition coefficient (Wildman–Crippen LogP) is 11.7. The minimum atomic E-state index is 0.0104. The van der Waals surface area contributed by atoms with Crippen LogP contribution in [0.2, 0.25) is 0 Å². The van der Waals surface area contributed by atoms with E-state index in [1.54, 1.807) is 6.26 Å². The van der Waals surface area contributed by atoms with E-state index >= 15 is 0 Å². The van der Waals surface area contributed by atoms with Crippen molar-refractivity contribution in [3.8, 4) is 0 Å². The summed E-state index contributed by atoms with van der Waals surface area (Å²) < 4.78 is 23.2. The lowest BCUT2D eigenvalue weighted by atomic mass is 10.1. The maximum absolute atomic E-state index is 6.21. The van der Waals surface area contributed by atoms with Crippen LogP contribution in [-0.4, -0.2) is 32.9 Å². The molecule has 0 aliphatic rings. The summed E-state index contributed by atoms with van der Waals surface area (Å²) in [5.41, 5.74) is 0. The quantitative estimate of drug-likeness (QED) is 0.0450. The highest BCUT2D eigenvalue weighted by molar-refractivity contribution is 4.72. The van der Waals surface area contributed by atoms with Gasteiger partial charge in [0.05, 0.1) is 12.9 Å². The van der Waals surface area contributed by atoms with Gasteiger partial charge in [0.2, 0.25) is 0 Å². The molecule has 0 unspecified atom stereocenters. The molecule has 0 saturated heterocycles. The SMILES string of the molecule is CCCCCCCCCOC(CCCCCCCCCC=COCOCCCC)OCCCCCCCCC. The zero-order valence-electron chi connectivity index (χ0n) is 26.9. The van der Waals surface area contributed by atoms with Crippen LogP contribution in [0, 0.1) is 0 Å². The summed E-state index contributed by atoms with van der Waals surface area (Å²) >= 11 is 0. The molecule has 4 nitrogen and oxygen atoms in total. The summed E-state index contributed by atoms with van der Waals surface area (Å²) in [5.74, 6) is 0. The molecule has 0 spiro atoms. The number of allylic oxidation sites excluding steroid dienone is 1. The van der Waals surface area contributed by atoms with Crippen LogP contribution in [0.15, 0.2) is 12.3 Å². The average molecular weight is 555 g/mol. The van der Waals surface area contributed by atoms with Crippen LogP contribution in [-0.2, 0) is 18.9 Å². The second-order valence-corrected chi connectivity index (χ2v) is 11.4. The van der Waals surface area contributed by atoms with Crippen LogP contribution < -0.4 is 0 Å². The van der Waals surface area contributed by atoms with Gasteiger partial charge in [-0.3, -0.25) is 0 Å². The van der Waals surface area contributed by atoms with Crippen molar-refractivity contribution in [2.75, 3.05) is 26.6 Å². The van der Waals surface area contributed by atoms with Crippen LogP contribution in [0.5, 0.6) is 0 Å². The maximum Gasteiger partial charge on any atom is 0.188 e. The molecule has 0 fully saturated rings. The minimum absolute atomic E-state index is 0.0104. The lowest BCUT2D eigenvalue weighted by Crippen LogP contribution is -2.19. The van der Waals surface area contributed by atoms with Crippen molar-refractivity contribution in [3.05, 3.63) is 12.3 Å². The molecule has 234 valence electrons. The van der Waals surface area contributed by atoms with Crippen LogP contribution in [0.1, 0.15) is 181 Å². The summed E-state index contributed by atoms with van der Waals surface area (Å²) in [6.45, 7) is 9.63. The number of hydrogen-bond donors (Lipinski definition) is 0. The van der Waals surface area contributed by atoms with Gasteiger partial charge in [0.1, 0.15) is 0 Å². The van der Waals surface area contributed by atoms with Crippen molar-refractivity contribution >= 4 is 0 Å². The molecule has 0 atom stereocenters. The summed E-state index contributed by atoms with van der Waals surface area (Å²) in [6, 6.07) is 0. The monoisotopic (exact) mass is 555 g/mol. The van der Waals surface area contributed by atoms with Crippen molar-refractivity contribution < 1.29 is 18.9 Å². The summed E-state index contributed by atoms with van der Waals surface area (Å²) in [6.07, 6.45) is 36.0. The Hall–Kier alpha value is -0.580. The fourth-order valence-corrected chi connectivity index (χ4v) is 4.75. The zero-order chi connectivity index (χ0) is 28.3. The first-order valence-electron chi connectivity index (χ1n) is 17.4. The normalized spacial score (nSPS) is 11.8. The molecule has 0 aliphatic heterocycles. The molecule has 0 rings (SSSR count). The van der Waals surface area contributed by atoms with E-state index in [1.807, 2.05) is 0 Å². The number of ether oxygens (including phenoxy) is 4. The molecular formula is C35H70O4. The minimum Gasteiger partial charge on any atom is -0.475 e. The van der Waals surface area contributed by atoms with Gasteiger partial charge in [-0.05, 0) is 51.0 Å². The fraction of sp³-hybridized carbons (Fsp3) is 0.943.